The highest BCUT2D eigenvalue weighted by molar-refractivity contribution is 6.52. The minimum Gasteiger partial charge on any atom is -0.464 e. The first kappa shape index (κ1) is 14.9. The van der Waals surface area contributed by atoms with Gasteiger partial charge in [-0.25, -0.2) is 0 Å². The minimum absolute atomic E-state index is 0.0899. The Bertz CT molecular complexity index is 1250. The molecule has 26 heavy (non-hydrogen) atoms. The van der Waals surface area contributed by atoms with E-state index in [0.29, 0.717) is 22.3 Å². The molecule has 0 amide bonds. The summed E-state index contributed by atoms with van der Waals surface area (Å²) in [4.78, 5) is 25.5. The van der Waals surface area contributed by atoms with Crippen LogP contribution in [0.3, 0.4) is 0 Å². The van der Waals surface area contributed by atoms with E-state index in [2.05, 4.69) is 0 Å². The maximum atomic E-state index is 12.8. The Morgan fingerprint density at radius 3 is 2.31 bits per heavy atom. The van der Waals surface area contributed by atoms with Crippen molar-refractivity contribution >= 4 is 44.6 Å². The third-order valence-corrected chi connectivity index (χ3v) is 5.05. The van der Waals surface area contributed by atoms with Gasteiger partial charge in [-0.05, 0) is 12.1 Å². The zero-order valence-corrected chi connectivity index (χ0v) is 14.2. The zero-order valence-electron chi connectivity index (χ0n) is 14.2. The number of para-hydroxylation sites is 2. The average molecular weight is 341 g/mol. The molecule has 0 radical (unpaired) electrons. The molecule has 126 valence electrons. The number of aromatic nitrogens is 1. The topological polar surface area (TPSA) is 52.2 Å². The summed E-state index contributed by atoms with van der Waals surface area (Å²) in [5.74, 6) is -0.281. The van der Waals surface area contributed by atoms with Gasteiger partial charge in [0.2, 0.25) is 0 Å². The summed E-state index contributed by atoms with van der Waals surface area (Å²) in [6.45, 7) is 0. The molecule has 0 saturated heterocycles. The molecule has 2 aromatic heterocycles. The first-order chi connectivity index (χ1) is 12.6. The van der Waals surface area contributed by atoms with Crippen LogP contribution in [-0.2, 0) is 16.6 Å². The molecule has 0 N–H and O–H groups in total. The molecule has 4 nitrogen and oxygen atoms in total. The molecule has 0 aliphatic heterocycles. The Hall–Kier alpha value is -3.40. The van der Waals surface area contributed by atoms with Crippen LogP contribution in [0.5, 0.6) is 0 Å². The highest BCUT2D eigenvalue weighted by Crippen LogP contribution is 2.41. The molecule has 0 spiro atoms. The number of furan rings is 1. The fraction of sp³-hybridized carbons (Fsp3) is 0.0909. The number of Topliss-reactive ketones (excluding diaryl/α,β-unsaturated/α-hetero) is 2. The summed E-state index contributed by atoms with van der Waals surface area (Å²) in [5, 5.41) is 1.82. The molecule has 0 fully saturated rings. The number of aryl methyl sites for hydroxylation is 1. The molecular formula is C22H15NO3. The fourth-order valence-electron chi connectivity index (χ4n) is 3.88. The SMILES string of the molecule is Cn1cc(C2=C(c3coc4ccccc34)C(=O)CC2=O)c2ccccc21. The van der Waals surface area contributed by atoms with E-state index in [0.717, 1.165) is 21.9 Å². The van der Waals surface area contributed by atoms with Gasteiger partial charge in [-0.1, -0.05) is 36.4 Å². The second-order valence-corrected chi connectivity index (χ2v) is 6.59. The quantitative estimate of drug-likeness (QED) is 0.509. The van der Waals surface area contributed by atoms with E-state index in [1.54, 1.807) is 6.26 Å². The molecule has 0 saturated carbocycles. The molecule has 4 aromatic rings. The molecule has 5 rings (SSSR count). The van der Waals surface area contributed by atoms with Crippen molar-refractivity contribution in [2.24, 2.45) is 7.05 Å². The summed E-state index contributed by atoms with van der Waals surface area (Å²) in [5.41, 5.74) is 4.20. The van der Waals surface area contributed by atoms with E-state index < -0.39 is 0 Å². The van der Waals surface area contributed by atoms with Crippen molar-refractivity contribution in [3.8, 4) is 0 Å². The predicted molar refractivity (Wildman–Crippen MR) is 101 cm³/mol. The number of carbonyl (C=O) groups excluding carboxylic acids is 2. The van der Waals surface area contributed by atoms with Crippen molar-refractivity contribution in [1.29, 1.82) is 0 Å². The van der Waals surface area contributed by atoms with Gasteiger partial charge in [0.1, 0.15) is 5.58 Å². The summed E-state index contributed by atoms with van der Waals surface area (Å²) < 4.78 is 7.60. The minimum atomic E-state index is -0.149. The molecule has 0 unspecified atom stereocenters. The van der Waals surface area contributed by atoms with E-state index >= 15 is 0 Å². The number of benzene rings is 2. The van der Waals surface area contributed by atoms with Gasteiger partial charge in [-0.2, -0.15) is 0 Å². The standard InChI is InChI=1S/C22H15NO3/c1-23-11-15(13-6-2-4-8-17(13)23)21-18(24)10-19(25)22(21)16-12-26-20-9-5-3-7-14(16)20/h2-9,11-12H,10H2,1H3. The lowest BCUT2D eigenvalue weighted by Gasteiger charge is -2.04. The molecule has 1 aliphatic carbocycles. The summed E-state index contributed by atoms with van der Waals surface area (Å²) >= 11 is 0. The Labute approximate surface area is 149 Å². The Morgan fingerprint density at radius 2 is 1.50 bits per heavy atom. The second kappa shape index (κ2) is 5.30. The maximum absolute atomic E-state index is 12.8. The van der Waals surface area contributed by atoms with Crippen LogP contribution in [0.25, 0.3) is 33.0 Å². The van der Waals surface area contributed by atoms with Crippen molar-refractivity contribution in [2.45, 2.75) is 6.42 Å². The molecule has 4 heteroatoms. The van der Waals surface area contributed by atoms with Crippen LogP contribution in [0.1, 0.15) is 17.5 Å². The molecule has 0 bridgehead atoms. The second-order valence-electron chi connectivity index (χ2n) is 6.59. The lowest BCUT2D eigenvalue weighted by atomic mass is 9.95. The Balaban J connectivity index is 1.87. The number of carbonyl (C=O) groups is 2. The van der Waals surface area contributed by atoms with Gasteiger partial charge in [0, 0.05) is 51.8 Å². The number of hydrogen-bond acceptors (Lipinski definition) is 3. The van der Waals surface area contributed by atoms with Crippen molar-refractivity contribution in [3.05, 3.63) is 72.1 Å². The number of hydrogen-bond donors (Lipinski definition) is 0. The first-order valence-electron chi connectivity index (χ1n) is 8.47. The summed E-state index contributed by atoms with van der Waals surface area (Å²) in [6, 6.07) is 15.5. The van der Waals surface area contributed by atoms with E-state index in [9.17, 15) is 9.59 Å². The highest BCUT2D eigenvalue weighted by atomic mass is 16.3. The highest BCUT2D eigenvalue weighted by Gasteiger charge is 2.35. The lowest BCUT2D eigenvalue weighted by molar-refractivity contribution is -0.119. The van der Waals surface area contributed by atoms with Crippen LogP contribution >= 0.6 is 0 Å². The molecule has 2 heterocycles. The third-order valence-electron chi connectivity index (χ3n) is 5.05. The van der Waals surface area contributed by atoms with Crippen molar-refractivity contribution in [1.82, 2.24) is 4.57 Å². The van der Waals surface area contributed by atoms with Gasteiger partial charge in [-0.15, -0.1) is 0 Å². The summed E-state index contributed by atoms with van der Waals surface area (Å²) in [7, 11) is 1.95. The fourth-order valence-corrected chi connectivity index (χ4v) is 3.88. The van der Waals surface area contributed by atoms with Crippen LogP contribution in [0, 0.1) is 0 Å². The average Bonchev–Trinajstić information content (AvgIpc) is 3.29. The third kappa shape index (κ3) is 1.96. The maximum Gasteiger partial charge on any atom is 0.172 e. The Morgan fingerprint density at radius 1 is 0.846 bits per heavy atom. The number of ketones is 2. The number of nitrogens with zero attached hydrogens (tertiary/aromatic N) is 1. The zero-order chi connectivity index (χ0) is 17.8. The van der Waals surface area contributed by atoms with Crippen LogP contribution in [0.15, 0.2) is 65.4 Å². The van der Waals surface area contributed by atoms with Gasteiger partial charge < -0.3 is 8.98 Å². The molecule has 0 atom stereocenters. The van der Waals surface area contributed by atoms with Crippen molar-refractivity contribution in [2.75, 3.05) is 0 Å². The number of fused-ring (bicyclic) bond motifs is 2. The van der Waals surface area contributed by atoms with Gasteiger partial charge in [0.15, 0.2) is 11.6 Å². The first-order valence-corrected chi connectivity index (χ1v) is 8.47. The van der Waals surface area contributed by atoms with Crippen LogP contribution in [0.2, 0.25) is 0 Å². The normalized spacial score (nSPS) is 15.0. The van der Waals surface area contributed by atoms with E-state index in [1.165, 1.54) is 0 Å². The largest absolute Gasteiger partial charge is 0.464 e. The van der Waals surface area contributed by atoms with Gasteiger partial charge in [-0.3, -0.25) is 9.59 Å². The monoisotopic (exact) mass is 341 g/mol. The number of rotatable bonds is 2. The molecule has 2 aromatic carbocycles. The van der Waals surface area contributed by atoms with Gasteiger partial charge in [0.05, 0.1) is 12.7 Å². The van der Waals surface area contributed by atoms with Crippen LogP contribution in [0.4, 0.5) is 0 Å². The van der Waals surface area contributed by atoms with E-state index in [-0.39, 0.29) is 18.0 Å². The van der Waals surface area contributed by atoms with Crippen LogP contribution in [-0.4, -0.2) is 16.1 Å². The van der Waals surface area contributed by atoms with Crippen LogP contribution < -0.4 is 0 Å². The Kier molecular flexibility index (Phi) is 3.04. The van der Waals surface area contributed by atoms with Gasteiger partial charge >= 0.3 is 0 Å². The summed E-state index contributed by atoms with van der Waals surface area (Å²) in [6.07, 6.45) is 3.42. The molecular weight excluding hydrogens is 326 g/mol. The lowest BCUT2D eigenvalue weighted by Crippen LogP contribution is -1.96. The van der Waals surface area contributed by atoms with E-state index in [1.807, 2.05) is 66.3 Å². The van der Waals surface area contributed by atoms with Gasteiger partial charge in [0.25, 0.3) is 0 Å². The van der Waals surface area contributed by atoms with E-state index in [4.69, 9.17) is 4.42 Å². The molecule has 1 aliphatic rings. The van der Waals surface area contributed by atoms with Crippen molar-refractivity contribution < 1.29 is 14.0 Å². The number of allylic oxidation sites excluding steroid dienone is 2. The predicted octanol–water partition coefficient (Wildman–Crippen LogP) is 4.38. The smallest absolute Gasteiger partial charge is 0.172 e. The van der Waals surface area contributed by atoms with Crippen molar-refractivity contribution in [3.63, 3.8) is 0 Å².